The van der Waals surface area contributed by atoms with Gasteiger partial charge in [-0.05, 0) is 39.5 Å². The number of hydrogen-bond donors (Lipinski definition) is 0. The monoisotopic (exact) mass is 932 g/mol. The van der Waals surface area contributed by atoms with Crippen molar-refractivity contribution < 1.29 is 49.0 Å². The molecule has 0 radical (unpaired) electrons. The van der Waals surface area contributed by atoms with Crippen molar-refractivity contribution in [3.05, 3.63) is 208 Å². The molecule has 0 heterocycles. The van der Waals surface area contributed by atoms with E-state index in [0.29, 0.717) is 0 Å². The Kier molecular flexibility index (Phi) is 19.3. The maximum atomic E-state index is 3.88. The van der Waals surface area contributed by atoms with Crippen LogP contribution in [0.2, 0.25) is 0 Å². The molecular formula is C59H64Cl2Zr-2. The Morgan fingerprint density at radius 2 is 1.02 bits per heavy atom. The Bertz CT molecular complexity index is 2240. The predicted molar refractivity (Wildman–Crippen MR) is 257 cm³/mol. The van der Waals surface area contributed by atoms with Gasteiger partial charge in [-0.15, -0.1) is 28.8 Å². The number of benzene rings is 6. The number of unbranched alkanes of at least 4 members (excludes halogenated alkanes) is 2. The van der Waals surface area contributed by atoms with Crippen molar-refractivity contribution in [2.75, 3.05) is 0 Å². The average Bonchev–Trinajstić information content (AvgIpc) is 3.97. The zero-order valence-corrected chi connectivity index (χ0v) is 42.2. The SMILES string of the molecule is CC(C)(C)c1cc2c([c-]c1-c1ccccc1)Cc1cc(-c3ccccc3)c(C(C)(C)C)cc1-2.CCCCc1ccc([C](=[Zr+2])c2ccc(CCCC)cc2)cc1.[Cl-].[Cl-].c1cc[cH-]c1. The van der Waals surface area contributed by atoms with Gasteiger partial charge in [0.25, 0.3) is 0 Å². The van der Waals surface area contributed by atoms with E-state index in [2.05, 4.69) is 189 Å². The second-order valence-corrected chi connectivity index (χ2v) is 19.6. The Morgan fingerprint density at radius 3 is 1.45 bits per heavy atom. The van der Waals surface area contributed by atoms with Crippen molar-refractivity contribution >= 4 is 3.21 Å². The fourth-order valence-corrected chi connectivity index (χ4v) is 8.85. The van der Waals surface area contributed by atoms with Crippen LogP contribution in [0.1, 0.15) is 126 Å². The molecule has 1 aliphatic carbocycles. The number of halogens is 2. The molecule has 0 atom stereocenters. The Labute approximate surface area is 402 Å². The second kappa shape index (κ2) is 23.6. The Hall–Kier alpha value is -4.00. The summed E-state index contributed by atoms with van der Waals surface area (Å²) in [6.45, 7) is 18.4. The fourth-order valence-electron chi connectivity index (χ4n) is 8.03. The van der Waals surface area contributed by atoms with E-state index in [1.807, 2.05) is 30.3 Å². The fraction of sp³-hybridized carbons (Fsp3) is 0.288. The third-order valence-corrected chi connectivity index (χ3v) is 12.9. The van der Waals surface area contributed by atoms with Gasteiger partial charge in [-0.25, -0.2) is 12.1 Å². The molecule has 0 unspecified atom stereocenters. The molecule has 0 amide bonds. The Balaban J connectivity index is 0.000000252. The molecule has 0 aromatic heterocycles. The molecule has 62 heavy (non-hydrogen) atoms. The molecule has 0 N–H and O–H groups in total. The smallest absolute Gasteiger partial charge is 0.172 e. The number of rotatable bonds is 10. The van der Waals surface area contributed by atoms with Gasteiger partial charge in [0.05, 0.1) is 0 Å². The van der Waals surface area contributed by atoms with Crippen LogP contribution in [-0.2, 0) is 54.3 Å². The van der Waals surface area contributed by atoms with E-state index >= 15 is 0 Å². The van der Waals surface area contributed by atoms with Gasteiger partial charge in [0.15, 0.2) is 0 Å². The zero-order valence-electron chi connectivity index (χ0n) is 38.2. The first-order chi connectivity index (χ1) is 28.9. The molecule has 7 aromatic carbocycles. The third kappa shape index (κ3) is 13.3. The second-order valence-electron chi connectivity index (χ2n) is 18.4. The van der Waals surface area contributed by atoms with Gasteiger partial charge in [0.1, 0.15) is 0 Å². The van der Waals surface area contributed by atoms with Crippen LogP contribution in [0.5, 0.6) is 0 Å². The third-order valence-electron chi connectivity index (χ3n) is 11.5. The predicted octanol–water partition coefficient (Wildman–Crippen LogP) is 9.89. The van der Waals surface area contributed by atoms with E-state index in [-0.39, 0.29) is 35.6 Å². The van der Waals surface area contributed by atoms with Gasteiger partial charge in [0, 0.05) is 0 Å². The molecule has 7 aromatic rings. The van der Waals surface area contributed by atoms with Gasteiger partial charge >= 0.3 is 151 Å². The summed E-state index contributed by atoms with van der Waals surface area (Å²) < 4.78 is 1.45. The minimum Gasteiger partial charge on any atom is -1.00 e. The van der Waals surface area contributed by atoms with Crippen LogP contribution in [0.3, 0.4) is 0 Å². The van der Waals surface area contributed by atoms with Crippen LogP contribution in [-0.4, -0.2) is 3.21 Å². The molecule has 3 heteroatoms. The van der Waals surface area contributed by atoms with Crippen LogP contribution < -0.4 is 24.8 Å². The number of hydrogen-bond acceptors (Lipinski definition) is 0. The molecule has 0 spiro atoms. The van der Waals surface area contributed by atoms with Gasteiger partial charge < -0.3 is 24.8 Å². The van der Waals surface area contributed by atoms with Gasteiger partial charge in [-0.3, -0.25) is 0 Å². The molecule has 0 fully saturated rings. The molecular weight excluding hydrogens is 871 g/mol. The summed E-state index contributed by atoms with van der Waals surface area (Å²) in [6, 6.07) is 61.2. The van der Waals surface area contributed by atoms with Crippen LogP contribution in [0.15, 0.2) is 158 Å². The summed E-state index contributed by atoms with van der Waals surface area (Å²) in [5, 5.41) is 0. The molecule has 0 saturated carbocycles. The normalized spacial score (nSPS) is 11.4. The molecule has 8 rings (SSSR count). The first-order valence-corrected chi connectivity index (χ1v) is 23.4. The molecule has 0 bridgehead atoms. The van der Waals surface area contributed by atoms with Gasteiger partial charge in [-0.1, -0.05) is 131 Å². The van der Waals surface area contributed by atoms with Crippen LogP contribution >= 0.6 is 0 Å². The summed E-state index contributed by atoms with van der Waals surface area (Å²) in [5.41, 5.74) is 19.2. The minimum atomic E-state index is 0. The van der Waals surface area contributed by atoms with Crippen molar-refractivity contribution in [3.8, 4) is 33.4 Å². The van der Waals surface area contributed by atoms with Crippen LogP contribution in [0.4, 0.5) is 0 Å². The quantitative estimate of drug-likeness (QED) is 0.120. The van der Waals surface area contributed by atoms with E-state index in [4.69, 9.17) is 0 Å². The van der Waals surface area contributed by atoms with E-state index in [1.54, 1.807) is 0 Å². The topological polar surface area (TPSA) is 0 Å². The summed E-state index contributed by atoms with van der Waals surface area (Å²) in [6.07, 6.45) is 8.45. The standard InChI is InChI=1S/C33H33.C21H26.C5H5.2ClH.Zr/c1-32(2,3)30-20-26-24(18-28(30)22-13-9-7-10-14-22)17-25-19-29(23-15-11-8-12-16-23)31(21-27(25)26)33(4,5)6;1-3-5-7-18-9-13-20(14-10-18)17-21-15-11-19(12-16-21)8-6-4-2;1-2-4-5-3-1;;;/h7-16,18,20-21H,17H2,1-6H3;9-16H,3-8H2,1-2H3;1-5H;2*1H;/q-1;;-1;;;+2/p-2. The van der Waals surface area contributed by atoms with Crippen molar-refractivity contribution in [2.45, 2.75) is 111 Å². The minimum absolute atomic E-state index is 0. The van der Waals surface area contributed by atoms with Crippen LogP contribution in [0.25, 0.3) is 33.4 Å². The van der Waals surface area contributed by atoms with E-state index in [1.165, 1.54) is 144 Å². The molecule has 1 aliphatic rings. The van der Waals surface area contributed by atoms with Crippen molar-refractivity contribution in [3.63, 3.8) is 0 Å². The maximum absolute atomic E-state index is 3.88. The summed E-state index contributed by atoms with van der Waals surface area (Å²) >= 11 is 1.48. The average molecular weight is 935 g/mol. The van der Waals surface area contributed by atoms with Crippen molar-refractivity contribution in [1.82, 2.24) is 0 Å². The summed E-state index contributed by atoms with van der Waals surface area (Å²) in [4.78, 5) is 0. The molecule has 0 nitrogen and oxygen atoms in total. The van der Waals surface area contributed by atoms with E-state index in [9.17, 15) is 0 Å². The largest absolute Gasteiger partial charge is 1.00 e. The van der Waals surface area contributed by atoms with Crippen molar-refractivity contribution in [2.24, 2.45) is 0 Å². The number of fused-ring (bicyclic) bond motifs is 3. The van der Waals surface area contributed by atoms with E-state index in [0.717, 1.165) is 6.42 Å². The zero-order chi connectivity index (χ0) is 42.7. The molecule has 0 saturated heterocycles. The first-order valence-electron chi connectivity index (χ1n) is 22.2. The van der Waals surface area contributed by atoms with Crippen LogP contribution in [0, 0.1) is 6.07 Å². The Morgan fingerprint density at radius 1 is 0.548 bits per heavy atom. The first kappa shape index (κ1) is 50.6. The summed E-state index contributed by atoms with van der Waals surface area (Å²) in [7, 11) is 0. The molecule has 320 valence electrons. The van der Waals surface area contributed by atoms with E-state index < -0.39 is 0 Å². The van der Waals surface area contributed by atoms with Gasteiger partial charge in [0.2, 0.25) is 0 Å². The summed E-state index contributed by atoms with van der Waals surface area (Å²) in [5.74, 6) is 0. The molecule has 0 aliphatic heterocycles. The van der Waals surface area contributed by atoms with Crippen molar-refractivity contribution in [1.29, 1.82) is 0 Å². The van der Waals surface area contributed by atoms with Gasteiger partial charge in [-0.2, -0.15) is 18.2 Å². The number of aryl methyl sites for hydroxylation is 2. The maximum Gasteiger partial charge on any atom is -0.172 e.